The molecule has 0 radical (unpaired) electrons. The third-order valence-corrected chi connectivity index (χ3v) is 1.74. The Morgan fingerprint density at radius 1 is 1.47 bits per heavy atom. The van der Waals surface area contributed by atoms with Gasteiger partial charge in [-0.25, -0.2) is 4.98 Å². The van der Waals surface area contributed by atoms with E-state index in [9.17, 15) is 4.79 Å². The zero-order valence-corrected chi connectivity index (χ0v) is 7.68. The van der Waals surface area contributed by atoms with Gasteiger partial charge in [-0.3, -0.25) is 4.79 Å². The van der Waals surface area contributed by atoms with Crippen LogP contribution >= 0.6 is 0 Å². The molecule has 0 aliphatic carbocycles. The van der Waals surface area contributed by atoms with Crippen LogP contribution in [0, 0.1) is 0 Å². The topological polar surface area (TPSA) is 94.0 Å². The summed E-state index contributed by atoms with van der Waals surface area (Å²) in [6, 6.07) is 4.78. The molecule has 15 heavy (non-hydrogen) atoms. The molecule has 0 aliphatic heterocycles. The fourth-order valence-electron chi connectivity index (χ4n) is 1.02. The van der Waals surface area contributed by atoms with Crippen molar-refractivity contribution in [2.45, 2.75) is 0 Å². The van der Waals surface area contributed by atoms with Crippen molar-refractivity contribution in [3.05, 3.63) is 36.4 Å². The van der Waals surface area contributed by atoms with Gasteiger partial charge in [0, 0.05) is 12.3 Å². The molecule has 2 rings (SSSR count). The number of aromatic nitrogens is 2. The number of pyridine rings is 1. The number of nitrogens with two attached hydrogens (primary N) is 1. The van der Waals surface area contributed by atoms with Crippen molar-refractivity contribution in [3.63, 3.8) is 0 Å². The van der Waals surface area contributed by atoms with Crippen LogP contribution in [-0.4, -0.2) is 16.0 Å². The van der Waals surface area contributed by atoms with Crippen LogP contribution < -0.4 is 11.1 Å². The van der Waals surface area contributed by atoms with Crippen LogP contribution in [0.25, 0.3) is 0 Å². The molecule has 0 saturated heterocycles. The standard InChI is InChI=1S/C9H8N4O2/c10-6-2-1-4-11-8(6)12-9(14)7-3-5-15-13-7/h1-5H,10H2,(H,11,12,14). The summed E-state index contributed by atoms with van der Waals surface area (Å²) < 4.78 is 4.54. The largest absolute Gasteiger partial charge is 0.396 e. The Hall–Kier alpha value is -2.37. The number of carbonyl (C=O) groups is 1. The third kappa shape index (κ3) is 1.93. The molecule has 0 bridgehead atoms. The highest BCUT2D eigenvalue weighted by atomic mass is 16.5. The van der Waals surface area contributed by atoms with Crippen LogP contribution in [0.3, 0.4) is 0 Å². The first-order valence-electron chi connectivity index (χ1n) is 4.19. The van der Waals surface area contributed by atoms with Gasteiger partial charge in [-0.2, -0.15) is 0 Å². The number of rotatable bonds is 2. The number of amides is 1. The van der Waals surface area contributed by atoms with Crippen molar-refractivity contribution in [2.24, 2.45) is 0 Å². The molecule has 0 spiro atoms. The maximum absolute atomic E-state index is 11.5. The third-order valence-electron chi connectivity index (χ3n) is 1.74. The Balaban J connectivity index is 2.17. The van der Waals surface area contributed by atoms with Gasteiger partial charge < -0.3 is 15.6 Å². The fourth-order valence-corrected chi connectivity index (χ4v) is 1.02. The lowest BCUT2D eigenvalue weighted by Crippen LogP contribution is -2.14. The molecule has 3 N–H and O–H groups in total. The summed E-state index contributed by atoms with van der Waals surface area (Å²) in [7, 11) is 0. The summed E-state index contributed by atoms with van der Waals surface area (Å²) >= 11 is 0. The van der Waals surface area contributed by atoms with Crippen LogP contribution in [0.1, 0.15) is 10.5 Å². The molecule has 0 atom stereocenters. The Morgan fingerprint density at radius 3 is 3.00 bits per heavy atom. The van der Waals surface area contributed by atoms with Crippen molar-refractivity contribution >= 4 is 17.4 Å². The van der Waals surface area contributed by atoms with E-state index in [1.807, 2.05) is 0 Å². The highest BCUT2D eigenvalue weighted by Crippen LogP contribution is 2.13. The number of nitrogens with one attached hydrogen (secondary N) is 1. The summed E-state index contributed by atoms with van der Waals surface area (Å²) in [6.07, 6.45) is 2.85. The van der Waals surface area contributed by atoms with Gasteiger partial charge in [0.25, 0.3) is 5.91 Å². The molecule has 0 unspecified atom stereocenters. The molecule has 6 heteroatoms. The zero-order valence-electron chi connectivity index (χ0n) is 7.68. The molecule has 1 amide bonds. The summed E-state index contributed by atoms with van der Waals surface area (Å²) in [6.45, 7) is 0. The van der Waals surface area contributed by atoms with Gasteiger partial charge in [0.1, 0.15) is 6.26 Å². The first-order valence-corrected chi connectivity index (χ1v) is 4.19. The molecule has 0 saturated carbocycles. The van der Waals surface area contributed by atoms with E-state index >= 15 is 0 Å². The van der Waals surface area contributed by atoms with Gasteiger partial charge in [-0.1, -0.05) is 5.16 Å². The van der Waals surface area contributed by atoms with E-state index in [-0.39, 0.29) is 5.69 Å². The molecular weight excluding hydrogens is 196 g/mol. The van der Waals surface area contributed by atoms with Gasteiger partial charge in [0.05, 0.1) is 5.69 Å². The molecule has 2 aromatic heterocycles. The number of anilines is 2. The number of nitrogens with zero attached hydrogens (tertiary/aromatic N) is 2. The van der Waals surface area contributed by atoms with Gasteiger partial charge in [0.15, 0.2) is 11.5 Å². The number of hydrogen-bond donors (Lipinski definition) is 2. The van der Waals surface area contributed by atoms with Gasteiger partial charge >= 0.3 is 0 Å². The summed E-state index contributed by atoms with van der Waals surface area (Å²) in [5, 5.41) is 6.00. The van der Waals surface area contributed by atoms with Crippen LogP contribution in [0.4, 0.5) is 11.5 Å². The van der Waals surface area contributed by atoms with Crippen molar-refractivity contribution in [3.8, 4) is 0 Å². The Labute approximate surface area is 85.1 Å². The highest BCUT2D eigenvalue weighted by molar-refractivity contribution is 6.03. The molecule has 0 fully saturated rings. The molecular formula is C9H8N4O2. The van der Waals surface area contributed by atoms with Crippen LogP contribution in [0.15, 0.2) is 35.2 Å². The second kappa shape index (κ2) is 3.79. The minimum atomic E-state index is -0.408. The summed E-state index contributed by atoms with van der Waals surface area (Å²) in [5.41, 5.74) is 6.18. The normalized spacial score (nSPS) is 9.87. The van der Waals surface area contributed by atoms with Crippen molar-refractivity contribution in [1.82, 2.24) is 10.1 Å². The van der Waals surface area contributed by atoms with Crippen molar-refractivity contribution < 1.29 is 9.32 Å². The lowest BCUT2D eigenvalue weighted by atomic mass is 10.3. The average molecular weight is 204 g/mol. The van der Waals surface area contributed by atoms with Gasteiger partial charge in [0.2, 0.25) is 0 Å². The monoisotopic (exact) mass is 204 g/mol. The minimum Gasteiger partial charge on any atom is -0.396 e. The van der Waals surface area contributed by atoms with E-state index in [2.05, 4.69) is 20.0 Å². The van der Waals surface area contributed by atoms with Crippen LogP contribution in [0.2, 0.25) is 0 Å². The molecule has 76 valence electrons. The number of nitrogen functional groups attached to an aromatic ring is 1. The SMILES string of the molecule is Nc1cccnc1NC(=O)c1ccon1. The molecule has 0 aromatic carbocycles. The van der Waals surface area contributed by atoms with Crippen LogP contribution in [0.5, 0.6) is 0 Å². The van der Waals surface area contributed by atoms with E-state index in [0.717, 1.165) is 0 Å². The summed E-state index contributed by atoms with van der Waals surface area (Å²) in [4.78, 5) is 15.4. The maximum Gasteiger partial charge on any atom is 0.279 e. The lowest BCUT2D eigenvalue weighted by Gasteiger charge is -2.03. The second-order valence-corrected chi connectivity index (χ2v) is 2.78. The van der Waals surface area contributed by atoms with E-state index in [0.29, 0.717) is 11.5 Å². The zero-order chi connectivity index (χ0) is 10.7. The summed E-state index contributed by atoms with van der Waals surface area (Å²) in [5.74, 6) is -0.0975. The Kier molecular flexibility index (Phi) is 2.32. The van der Waals surface area contributed by atoms with Crippen molar-refractivity contribution in [1.29, 1.82) is 0 Å². The Bertz CT molecular complexity index is 467. The number of carbonyl (C=O) groups excluding carboxylic acids is 1. The van der Waals surface area contributed by atoms with Crippen molar-refractivity contribution in [2.75, 3.05) is 11.1 Å². The van der Waals surface area contributed by atoms with E-state index in [1.165, 1.54) is 18.5 Å². The van der Waals surface area contributed by atoms with E-state index in [4.69, 9.17) is 5.73 Å². The van der Waals surface area contributed by atoms with Gasteiger partial charge in [-0.15, -0.1) is 0 Å². The fraction of sp³-hybridized carbons (Fsp3) is 0. The smallest absolute Gasteiger partial charge is 0.279 e. The van der Waals surface area contributed by atoms with E-state index in [1.54, 1.807) is 12.1 Å². The number of hydrogen-bond acceptors (Lipinski definition) is 5. The maximum atomic E-state index is 11.5. The highest BCUT2D eigenvalue weighted by Gasteiger charge is 2.10. The lowest BCUT2D eigenvalue weighted by molar-refractivity contribution is 0.101. The molecule has 2 heterocycles. The Morgan fingerprint density at radius 2 is 2.33 bits per heavy atom. The molecule has 6 nitrogen and oxygen atoms in total. The second-order valence-electron chi connectivity index (χ2n) is 2.78. The minimum absolute atomic E-state index is 0.181. The predicted octanol–water partition coefficient (Wildman–Crippen LogP) is 0.904. The molecule has 2 aromatic rings. The van der Waals surface area contributed by atoms with E-state index < -0.39 is 5.91 Å². The predicted molar refractivity (Wildman–Crippen MR) is 53.1 cm³/mol. The first-order chi connectivity index (χ1) is 7.27. The van der Waals surface area contributed by atoms with Crippen LogP contribution in [-0.2, 0) is 0 Å². The first kappa shape index (κ1) is 9.20. The quantitative estimate of drug-likeness (QED) is 0.758. The average Bonchev–Trinajstić information content (AvgIpc) is 2.74. The van der Waals surface area contributed by atoms with Gasteiger partial charge in [-0.05, 0) is 12.1 Å². The molecule has 0 aliphatic rings.